The average molecular weight is 266 g/mol. The molecule has 0 aliphatic heterocycles. The highest BCUT2D eigenvalue weighted by Gasteiger charge is 2.38. The summed E-state index contributed by atoms with van der Waals surface area (Å²) in [5, 5.41) is 3.97. The average Bonchev–Trinajstić information content (AvgIpc) is 3.08. The summed E-state index contributed by atoms with van der Waals surface area (Å²) in [5.41, 5.74) is 7.13. The van der Waals surface area contributed by atoms with Crippen molar-refractivity contribution in [1.29, 1.82) is 0 Å². The maximum Gasteiger partial charge on any atom is 0.189 e. The second-order valence-electron chi connectivity index (χ2n) is 4.93. The molecule has 1 fully saturated rings. The number of nitrogens with one attached hydrogen (secondary N) is 1. The fraction of sp³-hybridized carbons (Fsp3) is 0.500. The van der Waals surface area contributed by atoms with E-state index in [1.54, 1.807) is 0 Å². The van der Waals surface area contributed by atoms with Gasteiger partial charge in [-0.3, -0.25) is 0 Å². The molecule has 0 spiro atoms. The summed E-state index contributed by atoms with van der Waals surface area (Å²) in [4.78, 5) is 4.50. The highest BCUT2D eigenvalue weighted by Crippen LogP contribution is 2.43. The van der Waals surface area contributed by atoms with E-state index in [4.69, 9.17) is 17.3 Å². The maximum absolute atomic E-state index is 5.98. The summed E-state index contributed by atoms with van der Waals surface area (Å²) in [5.74, 6) is 1.03. The number of nitrogens with zero attached hydrogens (tertiary/aromatic N) is 1. The summed E-state index contributed by atoms with van der Waals surface area (Å²) in [7, 11) is 0. The topological polar surface area (TPSA) is 50.4 Å². The Kier molecular flexibility index (Phi) is 4.12. The second-order valence-corrected chi connectivity index (χ2v) is 5.37. The van der Waals surface area contributed by atoms with Gasteiger partial charge in [0, 0.05) is 17.0 Å². The third-order valence-electron chi connectivity index (χ3n) is 3.35. The fourth-order valence-electron chi connectivity index (χ4n) is 1.99. The molecule has 0 heterocycles. The van der Waals surface area contributed by atoms with Crippen LogP contribution in [-0.4, -0.2) is 18.0 Å². The molecule has 3 atom stereocenters. The number of benzene rings is 1. The lowest BCUT2D eigenvalue weighted by molar-refractivity contribution is 0.636. The third kappa shape index (κ3) is 3.39. The van der Waals surface area contributed by atoms with Crippen molar-refractivity contribution < 1.29 is 0 Å². The SMILES string of the molecule is CCC(C)NC(N)=N[C@@H]1C[C@H]1c1cccc(Cl)c1. The predicted octanol–water partition coefficient (Wildman–Crippen LogP) is 2.90. The van der Waals surface area contributed by atoms with Gasteiger partial charge in [-0.15, -0.1) is 0 Å². The molecular weight excluding hydrogens is 246 g/mol. The van der Waals surface area contributed by atoms with Crippen molar-refractivity contribution in [3.8, 4) is 0 Å². The molecule has 3 nitrogen and oxygen atoms in total. The molecule has 1 aliphatic carbocycles. The van der Waals surface area contributed by atoms with Crippen LogP contribution in [0.5, 0.6) is 0 Å². The van der Waals surface area contributed by atoms with Crippen LogP contribution in [0.2, 0.25) is 5.02 Å². The van der Waals surface area contributed by atoms with E-state index < -0.39 is 0 Å². The van der Waals surface area contributed by atoms with E-state index in [-0.39, 0.29) is 0 Å². The number of guanidine groups is 1. The van der Waals surface area contributed by atoms with E-state index in [2.05, 4.69) is 30.2 Å². The minimum atomic E-state index is 0.306. The normalized spacial score (nSPS) is 24.7. The van der Waals surface area contributed by atoms with E-state index in [0.29, 0.717) is 24.0 Å². The maximum atomic E-state index is 5.98. The molecule has 18 heavy (non-hydrogen) atoms. The first-order valence-corrected chi connectivity index (χ1v) is 6.83. The van der Waals surface area contributed by atoms with Crippen LogP contribution < -0.4 is 11.1 Å². The lowest BCUT2D eigenvalue weighted by Gasteiger charge is -2.11. The molecule has 0 bridgehead atoms. The number of rotatable bonds is 4. The smallest absolute Gasteiger partial charge is 0.189 e. The Bertz CT molecular complexity index is 444. The van der Waals surface area contributed by atoms with Crippen LogP contribution in [-0.2, 0) is 0 Å². The molecule has 1 saturated carbocycles. The number of halogens is 1. The molecule has 3 N–H and O–H groups in total. The molecule has 1 aromatic rings. The van der Waals surface area contributed by atoms with E-state index in [0.717, 1.165) is 17.9 Å². The van der Waals surface area contributed by atoms with Crippen LogP contribution in [0.25, 0.3) is 0 Å². The van der Waals surface area contributed by atoms with Gasteiger partial charge >= 0.3 is 0 Å². The third-order valence-corrected chi connectivity index (χ3v) is 3.58. The van der Waals surface area contributed by atoms with Crippen molar-refractivity contribution in [2.45, 2.75) is 44.7 Å². The molecule has 0 saturated heterocycles. The molecule has 1 aliphatic rings. The van der Waals surface area contributed by atoms with Gasteiger partial charge in [0.15, 0.2) is 5.96 Å². The van der Waals surface area contributed by atoms with Gasteiger partial charge in [0.25, 0.3) is 0 Å². The zero-order chi connectivity index (χ0) is 13.1. The number of nitrogens with two attached hydrogens (primary N) is 1. The van der Waals surface area contributed by atoms with Gasteiger partial charge in [0.1, 0.15) is 0 Å². The summed E-state index contributed by atoms with van der Waals surface area (Å²) in [6, 6.07) is 8.67. The van der Waals surface area contributed by atoms with Crippen molar-refractivity contribution in [1.82, 2.24) is 5.32 Å². The zero-order valence-corrected chi connectivity index (χ0v) is 11.6. The molecule has 98 valence electrons. The number of aliphatic imine (C=N–C) groups is 1. The first-order valence-electron chi connectivity index (χ1n) is 6.45. The molecule has 0 radical (unpaired) electrons. The van der Waals surface area contributed by atoms with E-state index in [9.17, 15) is 0 Å². The standard InChI is InChI=1S/C14H20ClN3/c1-3-9(2)17-14(16)18-13-8-12(13)10-5-4-6-11(15)7-10/h4-7,9,12-13H,3,8H2,1-2H3,(H3,16,17,18)/t9?,12-,13+/m0/s1. The van der Waals surface area contributed by atoms with Crippen LogP contribution in [0.15, 0.2) is 29.3 Å². The van der Waals surface area contributed by atoms with Crippen molar-refractivity contribution in [3.05, 3.63) is 34.9 Å². The van der Waals surface area contributed by atoms with Crippen molar-refractivity contribution in [2.24, 2.45) is 10.7 Å². The molecule has 0 aromatic heterocycles. The van der Waals surface area contributed by atoms with Gasteiger partial charge in [-0.1, -0.05) is 30.7 Å². The molecule has 2 rings (SSSR count). The Morgan fingerprint density at radius 1 is 1.61 bits per heavy atom. The quantitative estimate of drug-likeness (QED) is 0.650. The second kappa shape index (κ2) is 5.61. The summed E-state index contributed by atoms with van der Waals surface area (Å²) < 4.78 is 0. The highest BCUT2D eigenvalue weighted by atomic mass is 35.5. The zero-order valence-electron chi connectivity index (χ0n) is 10.9. The van der Waals surface area contributed by atoms with Gasteiger partial charge in [-0.25, -0.2) is 4.99 Å². The van der Waals surface area contributed by atoms with Crippen LogP contribution in [0.4, 0.5) is 0 Å². The summed E-state index contributed by atoms with van der Waals surface area (Å²) in [6.07, 6.45) is 2.10. The van der Waals surface area contributed by atoms with Crippen molar-refractivity contribution in [3.63, 3.8) is 0 Å². The van der Waals surface area contributed by atoms with Crippen molar-refractivity contribution in [2.75, 3.05) is 0 Å². The lowest BCUT2D eigenvalue weighted by atomic mass is 10.1. The Morgan fingerprint density at radius 2 is 2.39 bits per heavy atom. The summed E-state index contributed by atoms with van der Waals surface area (Å²) >= 11 is 5.98. The summed E-state index contributed by atoms with van der Waals surface area (Å²) in [6.45, 7) is 4.22. The van der Waals surface area contributed by atoms with E-state index in [1.165, 1.54) is 5.56 Å². The van der Waals surface area contributed by atoms with E-state index >= 15 is 0 Å². The molecule has 1 aromatic carbocycles. The monoisotopic (exact) mass is 265 g/mol. The molecule has 0 amide bonds. The van der Waals surface area contributed by atoms with Gasteiger partial charge in [-0.2, -0.15) is 0 Å². The Morgan fingerprint density at radius 3 is 3.06 bits per heavy atom. The fourth-order valence-corrected chi connectivity index (χ4v) is 2.19. The van der Waals surface area contributed by atoms with Gasteiger partial charge < -0.3 is 11.1 Å². The van der Waals surface area contributed by atoms with Crippen LogP contribution in [0.3, 0.4) is 0 Å². The van der Waals surface area contributed by atoms with Gasteiger partial charge in [-0.05, 0) is 37.5 Å². The first-order chi connectivity index (χ1) is 8.60. The number of hydrogen-bond acceptors (Lipinski definition) is 1. The molecule has 1 unspecified atom stereocenters. The first kappa shape index (κ1) is 13.2. The van der Waals surface area contributed by atoms with E-state index in [1.807, 2.05) is 18.2 Å². The minimum absolute atomic E-state index is 0.306. The van der Waals surface area contributed by atoms with Crippen molar-refractivity contribution >= 4 is 17.6 Å². The van der Waals surface area contributed by atoms with Crippen LogP contribution >= 0.6 is 11.6 Å². The lowest BCUT2D eigenvalue weighted by Crippen LogP contribution is -2.38. The Balaban J connectivity index is 1.93. The van der Waals surface area contributed by atoms with Crippen LogP contribution in [0.1, 0.15) is 38.2 Å². The molecular formula is C14H20ClN3. The Labute approximate surface area is 113 Å². The van der Waals surface area contributed by atoms with Gasteiger partial charge in [0.2, 0.25) is 0 Å². The number of hydrogen-bond donors (Lipinski definition) is 2. The highest BCUT2D eigenvalue weighted by molar-refractivity contribution is 6.30. The Hall–Kier alpha value is -1.22. The van der Waals surface area contributed by atoms with Gasteiger partial charge in [0.05, 0.1) is 6.04 Å². The molecule has 4 heteroatoms. The van der Waals surface area contributed by atoms with Crippen LogP contribution in [0, 0.1) is 0 Å². The largest absolute Gasteiger partial charge is 0.370 e. The predicted molar refractivity (Wildman–Crippen MR) is 77.1 cm³/mol. The minimum Gasteiger partial charge on any atom is -0.370 e.